The molecule has 0 saturated carbocycles. The third kappa shape index (κ3) is 4.48. The lowest BCUT2D eigenvalue weighted by molar-refractivity contribution is -0.122. The molecular weight excluding hydrogens is 282 g/mol. The van der Waals surface area contributed by atoms with E-state index in [0.29, 0.717) is 13.1 Å². The lowest BCUT2D eigenvalue weighted by atomic mass is 9.97. The van der Waals surface area contributed by atoms with Crippen LogP contribution in [0.3, 0.4) is 0 Å². The van der Waals surface area contributed by atoms with Gasteiger partial charge in [-0.15, -0.1) is 11.8 Å². The van der Waals surface area contributed by atoms with Crippen molar-refractivity contribution in [3.05, 3.63) is 35.9 Å². The number of carbonyl (C=O) groups is 1. The number of likely N-dealkylation sites (tertiary alicyclic amines) is 1. The monoisotopic (exact) mass is 303 g/mol. The minimum atomic E-state index is -0.253. The molecule has 1 aliphatic rings. The molecule has 1 aromatic carbocycles. The lowest BCUT2D eigenvalue weighted by Crippen LogP contribution is -2.45. The van der Waals surface area contributed by atoms with Gasteiger partial charge in [-0.25, -0.2) is 0 Å². The average Bonchev–Trinajstić information content (AvgIpc) is 2.55. The van der Waals surface area contributed by atoms with Crippen LogP contribution in [0.5, 0.6) is 0 Å². The molecule has 1 saturated heterocycles. The topological polar surface area (TPSA) is 56.1 Å². The molecule has 0 spiro atoms. The van der Waals surface area contributed by atoms with E-state index in [9.17, 15) is 10.1 Å². The summed E-state index contributed by atoms with van der Waals surface area (Å²) in [7, 11) is 0. The first-order chi connectivity index (χ1) is 10.2. The molecule has 0 bridgehead atoms. The Morgan fingerprint density at radius 2 is 2.05 bits per heavy atom. The Kier molecular flexibility index (Phi) is 5.66. The van der Waals surface area contributed by atoms with Crippen LogP contribution in [0.15, 0.2) is 30.3 Å². The highest BCUT2D eigenvalue weighted by Gasteiger charge is 2.34. The number of hydrogen-bond acceptors (Lipinski definition) is 4. The molecule has 1 aliphatic heterocycles. The number of piperidine rings is 1. The number of nitrogens with one attached hydrogen (secondary N) is 1. The van der Waals surface area contributed by atoms with Crippen LogP contribution in [0.25, 0.3) is 0 Å². The maximum absolute atomic E-state index is 12.0. The van der Waals surface area contributed by atoms with Crippen molar-refractivity contribution in [3.63, 3.8) is 0 Å². The SMILES string of the molecule is CSC1(C#N)CCN(CC(=O)NCc2ccccc2)CC1. The van der Waals surface area contributed by atoms with E-state index >= 15 is 0 Å². The van der Waals surface area contributed by atoms with Gasteiger partial charge in [0.05, 0.1) is 12.6 Å². The third-order valence-electron chi connectivity index (χ3n) is 3.96. The predicted octanol–water partition coefficient (Wildman–Crippen LogP) is 2.02. The van der Waals surface area contributed by atoms with Gasteiger partial charge < -0.3 is 5.32 Å². The standard InChI is InChI=1S/C16H21N3OS/c1-21-16(13-17)7-9-19(10-8-16)12-15(20)18-11-14-5-3-2-4-6-14/h2-6H,7-12H2,1H3,(H,18,20). The van der Waals surface area contributed by atoms with E-state index in [1.807, 2.05) is 36.6 Å². The molecule has 1 amide bonds. The van der Waals surface area contributed by atoms with Crippen LogP contribution in [0, 0.1) is 11.3 Å². The number of hydrogen-bond donors (Lipinski definition) is 1. The molecule has 0 atom stereocenters. The number of rotatable bonds is 5. The second kappa shape index (κ2) is 7.48. The highest BCUT2D eigenvalue weighted by atomic mass is 32.2. The van der Waals surface area contributed by atoms with Crippen LogP contribution in [-0.2, 0) is 11.3 Å². The molecule has 0 unspecified atom stereocenters. The highest BCUT2D eigenvalue weighted by molar-refractivity contribution is 8.00. The molecule has 0 radical (unpaired) electrons. The molecule has 2 rings (SSSR count). The Morgan fingerprint density at radius 3 is 2.62 bits per heavy atom. The number of thioether (sulfide) groups is 1. The van der Waals surface area contributed by atoms with E-state index in [0.717, 1.165) is 31.5 Å². The largest absolute Gasteiger partial charge is 0.351 e. The molecule has 1 N–H and O–H groups in total. The summed E-state index contributed by atoms with van der Waals surface area (Å²) in [5.41, 5.74) is 1.11. The van der Waals surface area contributed by atoms with Gasteiger partial charge in [0.2, 0.25) is 5.91 Å². The number of nitriles is 1. The second-order valence-electron chi connectivity index (χ2n) is 5.35. The summed E-state index contributed by atoms with van der Waals surface area (Å²) < 4.78 is -0.253. The van der Waals surface area contributed by atoms with Crippen molar-refractivity contribution in [1.29, 1.82) is 5.26 Å². The van der Waals surface area contributed by atoms with Gasteiger partial charge in [0.1, 0.15) is 4.75 Å². The van der Waals surface area contributed by atoms with Gasteiger partial charge >= 0.3 is 0 Å². The first-order valence-corrected chi connectivity index (χ1v) is 8.39. The van der Waals surface area contributed by atoms with Crippen LogP contribution in [0.2, 0.25) is 0 Å². The Balaban J connectivity index is 1.74. The van der Waals surface area contributed by atoms with Crippen LogP contribution in [0.1, 0.15) is 18.4 Å². The summed E-state index contributed by atoms with van der Waals surface area (Å²) in [6, 6.07) is 12.3. The van der Waals surface area contributed by atoms with Gasteiger partial charge in [-0.05, 0) is 24.7 Å². The molecule has 5 heteroatoms. The van der Waals surface area contributed by atoms with Crippen LogP contribution >= 0.6 is 11.8 Å². The number of benzene rings is 1. The minimum absolute atomic E-state index is 0.0486. The molecule has 112 valence electrons. The first-order valence-electron chi connectivity index (χ1n) is 7.17. The minimum Gasteiger partial charge on any atom is -0.351 e. The second-order valence-corrected chi connectivity index (χ2v) is 6.54. The van der Waals surface area contributed by atoms with Gasteiger partial charge in [-0.3, -0.25) is 9.69 Å². The molecule has 4 nitrogen and oxygen atoms in total. The van der Waals surface area contributed by atoms with Crippen molar-refractivity contribution >= 4 is 17.7 Å². The highest BCUT2D eigenvalue weighted by Crippen LogP contribution is 2.33. The van der Waals surface area contributed by atoms with Crippen molar-refractivity contribution in [2.75, 3.05) is 25.9 Å². The van der Waals surface area contributed by atoms with Crippen LogP contribution < -0.4 is 5.32 Å². The normalized spacial score (nSPS) is 17.9. The fourth-order valence-electron chi connectivity index (χ4n) is 2.49. The Hall–Kier alpha value is -1.51. The van der Waals surface area contributed by atoms with Gasteiger partial charge in [-0.2, -0.15) is 5.26 Å². The van der Waals surface area contributed by atoms with Crippen LogP contribution in [0.4, 0.5) is 0 Å². The maximum atomic E-state index is 12.0. The average molecular weight is 303 g/mol. The van der Waals surface area contributed by atoms with Crippen molar-refractivity contribution in [2.45, 2.75) is 24.1 Å². The van der Waals surface area contributed by atoms with E-state index in [1.54, 1.807) is 11.8 Å². The summed E-state index contributed by atoms with van der Waals surface area (Å²) in [6.45, 7) is 2.61. The Bertz CT molecular complexity index is 504. The van der Waals surface area contributed by atoms with E-state index in [-0.39, 0.29) is 10.7 Å². The first kappa shape index (κ1) is 15.9. The molecule has 21 heavy (non-hydrogen) atoms. The number of amides is 1. The summed E-state index contributed by atoms with van der Waals surface area (Å²) >= 11 is 1.63. The maximum Gasteiger partial charge on any atom is 0.234 e. The number of carbonyl (C=O) groups excluding carboxylic acids is 1. The van der Waals surface area contributed by atoms with E-state index in [1.165, 1.54) is 0 Å². The zero-order valence-corrected chi connectivity index (χ0v) is 13.2. The van der Waals surface area contributed by atoms with Gasteiger partial charge in [-0.1, -0.05) is 30.3 Å². The molecule has 1 fully saturated rings. The van der Waals surface area contributed by atoms with E-state index in [4.69, 9.17) is 0 Å². The van der Waals surface area contributed by atoms with Crippen LogP contribution in [-0.4, -0.2) is 41.4 Å². The number of nitrogens with zero attached hydrogens (tertiary/aromatic N) is 2. The van der Waals surface area contributed by atoms with Crippen molar-refractivity contribution in [3.8, 4) is 6.07 Å². The molecule has 1 aromatic rings. The third-order valence-corrected chi connectivity index (χ3v) is 5.24. The summed E-state index contributed by atoms with van der Waals surface area (Å²) in [5, 5.41) is 12.2. The van der Waals surface area contributed by atoms with E-state index < -0.39 is 0 Å². The van der Waals surface area contributed by atoms with Crippen molar-refractivity contribution in [1.82, 2.24) is 10.2 Å². The molecule has 0 aliphatic carbocycles. The van der Waals surface area contributed by atoms with Gasteiger partial charge in [0.25, 0.3) is 0 Å². The zero-order valence-electron chi connectivity index (χ0n) is 12.3. The summed E-state index contributed by atoms with van der Waals surface area (Å²) in [6.07, 6.45) is 3.65. The molecule has 1 heterocycles. The Morgan fingerprint density at radius 1 is 1.38 bits per heavy atom. The van der Waals surface area contributed by atoms with Gasteiger partial charge in [0, 0.05) is 19.6 Å². The lowest BCUT2D eigenvalue weighted by Gasteiger charge is -2.35. The zero-order chi connectivity index (χ0) is 15.1. The summed E-state index contributed by atoms with van der Waals surface area (Å²) in [5.74, 6) is 0.0486. The quantitative estimate of drug-likeness (QED) is 0.904. The molecular formula is C16H21N3OS. The fourth-order valence-corrected chi connectivity index (χ4v) is 3.17. The summed E-state index contributed by atoms with van der Waals surface area (Å²) in [4.78, 5) is 14.1. The van der Waals surface area contributed by atoms with Gasteiger partial charge in [0.15, 0.2) is 0 Å². The predicted molar refractivity (Wildman–Crippen MR) is 85.8 cm³/mol. The Labute approximate surface area is 130 Å². The smallest absolute Gasteiger partial charge is 0.234 e. The molecule has 0 aromatic heterocycles. The van der Waals surface area contributed by atoms with Crippen molar-refractivity contribution in [2.24, 2.45) is 0 Å². The van der Waals surface area contributed by atoms with Crippen molar-refractivity contribution < 1.29 is 4.79 Å². The fraction of sp³-hybridized carbons (Fsp3) is 0.500. The van der Waals surface area contributed by atoms with E-state index in [2.05, 4.69) is 16.3 Å².